The maximum Gasteiger partial charge on any atom is 0.317 e. The van der Waals surface area contributed by atoms with Gasteiger partial charge in [-0.2, -0.15) is 0 Å². The van der Waals surface area contributed by atoms with Crippen LogP contribution >= 0.6 is 0 Å². The van der Waals surface area contributed by atoms with Gasteiger partial charge in [-0.15, -0.1) is 0 Å². The summed E-state index contributed by atoms with van der Waals surface area (Å²) in [6, 6.07) is 9.06. The van der Waals surface area contributed by atoms with Gasteiger partial charge in [-0.25, -0.2) is 4.79 Å². The summed E-state index contributed by atoms with van der Waals surface area (Å²) in [5.41, 5.74) is 2.86. The molecule has 1 fully saturated rings. The summed E-state index contributed by atoms with van der Waals surface area (Å²) >= 11 is 0. The Bertz CT molecular complexity index is 508. The third-order valence-electron chi connectivity index (χ3n) is 5.49. The fraction of sp³-hybridized carbons (Fsp3) is 0.632. The number of benzene rings is 1. The number of fused-ring (bicyclic) bond motifs is 1. The van der Waals surface area contributed by atoms with Crippen LogP contribution in [0, 0.1) is 5.92 Å². The van der Waals surface area contributed by atoms with Crippen molar-refractivity contribution in [2.75, 3.05) is 13.6 Å². The third-order valence-corrected chi connectivity index (χ3v) is 5.49. The molecule has 1 atom stereocenters. The van der Waals surface area contributed by atoms with Crippen molar-refractivity contribution >= 4 is 6.03 Å². The van der Waals surface area contributed by atoms with E-state index in [0.29, 0.717) is 6.04 Å². The van der Waals surface area contributed by atoms with Crippen LogP contribution in [0.1, 0.15) is 49.7 Å². The second-order valence-corrected chi connectivity index (χ2v) is 6.95. The lowest BCUT2D eigenvalue weighted by molar-refractivity contribution is 0.183. The minimum absolute atomic E-state index is 0.0994. The van der Waals surface area contributed by atoms with E-state index >= 15 is 0 Å². The van der Waals surface area contributed by atoms with Gasteiger partial charge in [0, 0.05) is 19.6 Å². The monoisotopic (exact) mass is 300 g/mol. The summed E-state index contributed by atoms with van der Waals surface area (Å²) in [5, 5.41) is 3.12. The third kappa shape index (κ3) is 3.63. The molecule has 2 aliphatic carbocycles. The summed E-state index contributed by atoms with van der Waals surface area (Å²) in [6.07, 6.45) is 9.75. The number of likely N-dealkylation sites (N-methyl/N-ethyl adjacent to an activating group) is 1. The molecule has 2 amide bonds. The summed E-state index contributed by atoms with van der Waals surface area (Å²) in [5.74, 6) is 0.840. The van der Waals surface area contributed by atoms with Gasteiger partial charge in [0.1, 0.15) is 0 Å². The molecular weight excluding hydrogens is 272 g/mol. The molecule has 120 valence electrons. The zero-order chi connectivity index (χ0) is 15.4. The number of hydrogen-bond acceptors (Lipinski definition) is 1. The largest absolute Gasteiger partial charge is 0.338 e. The molecule has 3 rings (SSSR count). The highest BCUT2D eigenvalue weighted by Gasteiger charge is 2.25. The van der Waals surface area contributed by atoms with Crippen LogP contribution in [-0.4, -0.2) is 30.6 Å². The minimum atomic E-state index is 0.0994. The first kappa shape index (κ1) is 15.4. The maximum atomic E-state index is 12.3. The topological polar surface area (TPSA) is 32.3 Å². The van der Waals surface area contributed by atoms with Gasteiger partial charge in [0.25, 0.3) is 0 Å². The molecule has 22 heavy (non-hydrogen) atoms. The van der Waals surface area contributed by atoms with E-state index < -0.39 is 0 Å². The van der Waals surface area contributed by atoms with Crippen LogP contribution in [0.5, 0.6) is 0 Å². The average Bonchev–Trinajstić information content (AvgIpc) is 3.07. The summed E-state index contributed by atoms with van der Waals surface area (Å²) in [6.45, 7) is 0.831. The van der Waals surface area contributed by atoms with Crippen LogP contribution in [0.3, 0.4) is 0 Å². The Balaban J connectivity index is 1.46. The molecule has 0 spiro atoms. The fourth-order valence-corrected chi connectivity index (χ4v) is 3.98. The highest BCUT2D eigenvalue weighted by Crippen LogP contribution is 2.27. The van der Waals surface area contributed by atoms with E-state index in [2.05, 4.69) is 29.6 Å². The maximum absolute atomic E-state index is 12.3. The normalized spacial score (nSPS) is 21.4. The van der Waals surface area contributed by atoms with Gasteiger partial charge < -0.3 is 10.2 Å². The number of carbonyl (C=O) groups is 1. The van der Waals surface area contributed by atoms with Crippen molar-refractivity contribution in [1.29, 1.82) is 0 Å². The Labute approximate surface area is 134 Å². The molecule has 1 unspecified atom stereocenters. The SMILES string of the molecule is CN(C(=O)NCCC1CCCC1)C1CCc2ccccc2C1. The Kier molecular flexibility index (Phi) is 5.01. The Hall–Kier alpha value is -1.51. The predicted octanol–water partition coefficient (Wildman–Crippen LogP) is 3.77. The van der Waals surface area contributed by atoms with Gasteiger partial charge >= 0.3 is 6.03 Å². The summed E-state index contributed by atoms with van der Waals surface area (Å²) < 4.78 is 0. The molecule has 1 aromatic rings. The van der Waals surface area contributed by atoms with E-state index in [-0.39, 0.29) is 6.03 Å². The van der Waals surface area contributed by atoms with Crippen molar-refractivity contribution in [3.05, 3.63) is 35.4 Å². The number of carbonyl (C=O) groups excluding carboxylic acids is 1. The number of nitrogens with zero attached hydrogens (tertiary/aromatic N) is 1. The second kappa shape index (κ2) is 7.17. The molecule has 1 saturated carbocycles. The highest BCUT2D eigenvalue weighted by atomic mass is 16.2. The van der Waals surface area contributed by atoms with Gasteiger partial charge in [0.2, 0.25) is 0 Å². The fourth-order valence-electron chi connectivity index (χ4n) is 3.98. The van der Waals surface area contributed by atoms with Gasteiger partial charge in [-0.3, -0.25) is 0 Å². The number of rotatable bonds is 4. The average molecular weight is 300 g/mol. The zero-order valence-electron chi connectivity index (χ0n) is 13.7. The van der Waals surface area contributed by atoms with E-state index in [0.717, 1.165) is 38.1 Å². The Morgan fingerprint density at radius 2 is 1.91 bits per heavy atom. The van der Waals surface area contributed by atoms with Gasteiger partial charge in [0.15, 0.2) is 0 Å². The van der Waals surface area contributed by atoms with E-state index in [9.17, 15) is 4.79 Å². The highest BCUT2D eigenvalue weighted by molar-refractivity contribution is 5.74. The molecule has 0 aromatic heterocycles. The molecule has 1 aromatic carbocycles. The first-order valence-corrected chi connectivity index (χ1v) is 8.81. The molecule has 0 bridgehead atoms. The quantitative estimate of drug-likeness (QED) is 0.902. The van der Waals surface area contributed by atoms with Gasteiger partial charge in [-0.1, -0.05) is 49.9 Å². The van der Waals surface area contributed by atoms with Gasteiger partial charge in [0.05, 0.1) is 0 Å². The Morgan fingerprint density at radius 1 is 1.18 bits per heavy atom. The number of hydrogen-bond donors (Lipinski definition) is 1. The lowest BCUT2D eigenvalue weighted by Gasteiger charge is -2.32. The number of urea groups is 1. The van der Waals surface area contributed by atoms with Gasteiger partial charge in [-0.05, 0) is 42.7 Å². The van der Waals surface area contributed by atoms with E-state index in [1.807, 2.05) is 11.9 Å². The van der Waals surface area contributed by atoms with Crippen molar-refractivity contribution in [2.45, 2.75) is 57.4 Å². The summed E-state index contributed by atoms with van der Waals surface area (Å²) in [7, 11) is 1.95. The van der Waals surface area contributed by atoms with E-state index in [1.54, 1.807) is 0 Å². The predicted molar refractivity (Wildman–Crippen MR) is 90.0 cm³/mol. The van der Waals surface area contributed by atoms with Crippen LogP contribution in [0.4, 0.5) is 4.79 Å². The first-order chi connectivity index (χ1) is 10.7. The standard InChI is InChI=1S/C19H28N2O/c1-21(19(22)20-13-12-15-6-2-3-7-15)18-11-10-16-8-4-5-9-17(16)14-18/h4-5,8-9,15,18H,2-3,6-7,10-14H2,1H3,(H,20,22). The van der Waals surface area contributed by atoms with Crippen molar-refractivity contribution in [3.63, 3.8) is 0 Å². The van der Waals surface area contributed by atoms with Crippen molar-refractivity contribution in [1.82, 2.24) is 10.2 Å². The molecule has 0 heterocycles. The number of nitrogens with one attached hydrogen (secondary N) is 1. The lowest BCUT2D eigenvalue weighted by atomic mass is 9.88. The van der Waals surface area contributed by atoms with Crippen molar-refractivity contribution in [3.8, 4) is 0 Å². The lowest BCUT2D eigenvalue weighted by Crippen LogP contribution is -2.46. The molecule has 1 N–H and O–H groups in total. The van der Waals surface area contributed by atoms with Crippen LogP contribution in [0.25, 0.3) is 0 Å². The molecular formula is C19H28N2O. The molecule has 0 saturated heterocycles. The Morgan fingerprint density at radius 3 is 2.68 bits per heavy atom. The van der Waals surface area contributed by atoms with Crippen LogP contribution < -0.4 is 5.32 Å². The molecule has 2 aliphatic rings. The molecule has 0 aliphatic heterocycles. The van der Waals surface area contributed by atoms with Crippen LogP contribution in [0.2, 0.25) is 0 Å². The van der Waals surface area contributed by atoms with E-state index in [4.69, 9.17) is 0 Å². The first-order valence-electron chi connectivity index (χ1n) is 8.81. The van der Waals surface area contributed by atoms with Crippen LogP contribution in [0.15, 0.2) is 24.3 Å². The molecule has 3 nitrogen and oxygen atoms in total. The minimum Gasteiger partial charge on any atom is -0.338 e. The number of aryl methyl sites for hydroxylation is 1. The number of amides is 2. The molecule has 0 radical (unpaired) electrons. The van der Waals surface area contributed by atoms with Crippen LogP contribution in [-0.2, 0) is 12.8 Å². The summed E-state index contributed by atoms with van der Waals surface area (Å²) in [4.78, 5) is 14.3. The zero-order valence-corrected chi connectivity index (χ0v) is 13.7. The molecule has 3 heteroatoms. The second-order valence-electron chi connectivity index (χ2n) is 6.95. The smallest absolute Gasteiger partial charge is 0.317 e. The van der Waals surface area contributed by atoms with Crippen molar-refractivity contribution < 1.29 is 4.79 Å². The van der Waals surface area contributed by atoms with Crippen molar-refractivity contribution in [2.24, 2.45) is 5.92 Å². The van der Waals surface area contributed by atoms with E-state index in [1.165, 1.54) is 36.8 Å².